The SMILES string of the molecule is Cc1ncsc1CNC(=O)[C@H]1CCN1. The molecule has 0 aromatic carbocycles. The van der Waals surface area contributed by atoms with Crippen LogP contribution in [0.15, 0.2) is 5.51 Å². The highest BCUT2D eigenvalue weighted by molar-refractivity contribution is 7.09. The van der Waals surface area contributed by atoms with Crippen LogP contribution in [-0.4, -0.2) is 23.5 Å². The van der Waals surface area contributed by atoms with E-state index in [2.05, 4.69) is 15.6 Å². The fourth-order valence-corrected chi connectivity index (χ4v) is 2.02. The van der Waals surface area contributed by atoms with Gasteiger partial charge in [0.1, 0.15) is 0 Å². The number of amides is 1. The predicted molar refractivity (Wildman–Crippen MR) is 55.1 cm³/mol. The third-order valence-electron chi connectivity index (χ3n) is 2.41. The molecule has 0 unspecified atom stereocenters. The van der Waals surface area contributed by atoms with Gasteiger partial charge in [0, 0.05) is 4.88 Å². The van der Waals surface area contributed by atoms with Gasteiger partial charge in [-0.2, -0.15) is 0 Å². The Kier molecular flexibility index (Phi) is 2.79. The first kappa shape index (κ1) is 9.61. The van der Waals surface area contributed by atoms with Gasteiger partial charge >= 0.3 is 0 Å². The standard InChI is InChI=1S/C9H13N3OS/c1-6-8(14-5-12-6)4-11-9(13)7-2-3-10-7/h5,7,10H,2-4H2,1H3,(H,11,13)/t7-/m1/s1. The molecule has 1 saturated heterocycles. The van der Waals surface area contributed by atoms with E-state index < -0.39 is 0 Å². The summed E-state index contributed by atoms with van der Waals surface area (Å²) in [5, 5.41) is 5.96. The summed E-state index contributed by atoms with van der Waals surface area (Å²) in [7, 11) is 0. The van der Waals surface area contributed by atoms with E-state index in [1.165, 1.54) is 0 Å². The Morgan fingerprint density at radius 2 is 2.64 bits per heavy atom. The van der Waals surface area contributed by atoms with Crippen molar-refractivity contribution in [3.63, 3.8) is 0 Å². The number of carbonyl (C=O) groups excluding carboxylic acids is 1. The lowest BCUT2D eigenvalue weighted by Gasteiger charge is -2.26. The molecule has 0 radical (unpaired) electrons. The summed E-state index contributed by atoms with van der Waals surface area (Å²) in [6.45, 7) is 3.52. The average molecular weight is 211 g/mol. The Hall–Kier alpha value is -0.940. The summed E-state index contributed by atoms with van der Waals surface area (Å²) in [5.74, 6) is 0.101. The van der Waals surface area contributed by atoms with Crippen LogP contribution >= 0.6 is 11.3 Å². The lowest BCUT2D eigenvalue weighted by Crippen LogP contribution is -2.52. The van der Waals surface area contributed by atoms with Crippen LogP contribution in [0.3, 0.4) is 0 Å². The number of nitrogens with one attached hydrogen (secondary N) is 2. The minimum atomic E-state index is 0.0308. The van der Waals surface area contributed by atoms with Crippen molar-refractivity contribution in [2.45, 2.75) is 25.9 Å². The van der Waals surface area contributed by atoms with E-state index in [0.29, 0.717) is 6.54 Å². The van der Waals surface area contributed by atoms with Gasteiger partial charge in [-0.05, 0) is 19.9 Å². The van der Waals surface area contributed by atoms with E-state index >= 15 is 0 Å². The number of hydrogen-bond donors (Lipinski definition) is 2. The molecule has 1 aromatic heterocycles. The molecular weight excluding hydrogens is 198 g/mol. The van der Waals surface area contributed by atoms with E-state index in [0.717, 1.165) is 23.5 Å². The van der Waals surface area contributed by atoms with Crippen molar-refractivity contribution in [3.8, 4) is 0 Å². The quantitative estimate of drug-likeness (QED) is 0.762. The highest BCUT2D eigenvalue weighted by Crippen LogP contribution is 2.11. The molecule has 1 amide bonds. The van der Waals surface area contributed by atoms with Gasteiger partial charge in [-0.15, -0.1) is 11.3 Å². The molecule has 0 bridgehead atoms. The Labute approximate surface area is 86.7 Å². The fraction of sp³-hybridized carbons (Fsp3) is 0.556. The Balaban J connectivity index is 1.82. The molecule has 2 N–H and O–H groups in total. The van der Waals surface area contributed by atoms with Crippen molar-refractivity contribution in [2.24, 2.45) is 0 Å². The van der Waals surface area contributed by atoms with Gasteiger partial charge in [0.05, 0.1) is 23.8 Å². The first-order valence-corrected chi connectivity index (χ1v) is 5.55. The molecule has 1 atom stereocenters. The summed E-state index contributed by atoms with van der Waals surface area (Å²) in [6.07, 6.45) is 0.952. The van der Waals surface area contributed by atoms with Crippen LogP contribution in [0.1, 0.15) is 17.0 Å². The monoisotopic (exact) mass is 211 g/mol. The lowest BCUT2D eigenvalue weighted by molar-refractivity contribution is -0.124. The molecule has 4 nitrogen and oxygen atoms in total. The normalized spacial score (nSPS) is 20.2. The van der Waals surface area contributed by atoms with E-state index in [9.17, 15) is 4.79 Å². The number of nitrogens with zero attached hydrogens (tertiary/aromatic N) is 1. The largest absolute Gasteiger partial charge is 0.350 e. The maximum absolute atomic E-state index is 11.4. The molecule has 1 aliphatic rings. The predicted octanol–water partition coefficient (Wildman–Crippen LogP) is 0.430. The van der Waals surface area contributed by atoms with Gasteiger partial charge in [0.2, 0.25) is 5.91 Å². The summed E-state index contributed by atoms with van der Waals surface area (Å²) in [6, 6.07) is 0.0308. The summed E-state index contributed by atoms with van der Waals surface area (Å²) >= 11 is 1.58. The van der Waals surface area contributed by atoms with Gasteiger partial charge in [0.15, 0.2) is 0 Å². The highest BCUT2D eigenvalue weighted by Gasteiger charge is 2.23. The minimum Gasteiger partial charge on any atom is -0.350 e. The molecular formula is C9H13N3OS. The summed E-state index contributed by atoms with van der Waals surface area (Å²) < 4.78 is 0. The van der Waals surface area contributed by atoms with Crippen molar-refractivity contribution in [1.29, 1.82) is 0 Å². The molecule has 1 aliphatic heterocycles. The summed E-state index contributed by atoms with van der Waals surface area (Å²) in [4.78, 5) is 16.7. The fourth-order valence-electron chi connectivity index (χ4n) is 1.30. The van der Waals surface area contributed by atoms with Gasteiger partial charge < -0.3 is 10.6 Å². The molecule has 76 valence electrons. The van der Waals surface area contributed by atoms with Crippen LogP contribution in [0, 0.1) is 6.92 Å². The van der Waals surface area contributed by atoms with Crippen LogP contribution in [-0.2, 0) is 11.3 Å². The van der Waals surface area contributed by atoms with Crippen molar-refractivity contribution >= 4 is 17.2 Å². The second-order valence-electron chi connectivity index (χ2n) is 3.37. The van der Waals surface area contributed by atoms with E-state index in [1.807, 2.05) is 6.92 Å². The molecule has 14 heavy (non-hydrogen) atoms. The van der Waals surface area contributed by atoms with Crippen LogP contribution in [0.2, 0.25) is 0 Å². The van der Waals surface area contributed by atoms with Crippen LogP contribution in [0.5, 0.6) is 0 Å². The number of hydrogen-bond acceptors (Lipinski definition) is 4. The van der Waals surface area contributed by atoms with Crippen molar-refractivity contribution in [3.05, 3.63) is 16.1 Å². The lowest BCUT2D eigenvalue weighted by atomic mass is 10.1. The molecule has 2 heterocycles. The Morgan fingerprint density at radius 1 is 1.86 bits per heavy atom. The maximum Gasteiger partial charge on any atom is 0.237 e. The number of thiazole rings is 1. The Morgan fingerprint density at radius 3 is 3.14 bits per heavy atom. The van der Waals surface area contributed by atoms with E-state index in [-0.39, 0.29) is 11.9 Å². The molecule has 0 spiro atoms. The number of rotatable bonds is 3. The van der Waals surface area contributed by atoms with Crippen LogP contribution in [0.25, 0.3) is 0 Å². The van der Waals surface area contributed by atoms with Gasteiger partial charge in [-0.25, -0.2) is 4.98 Å². The molecule has 0 aliphatic carbocycles. The average Bonchev–Trinajstić information content (AvgIpc) is 2.44. The van der Waals surface area contributed by atoms with Gasteiger partial charge in [-0.3, -0.25) is 4.79 Å². The van der Waals surface area contributed by atoms with Crippen molar-refractivity contribution < 1.29 is 4.79 Å². The van der Waals surface area contributed by atoms with Crippen molar-refractivity contribution in [1.82, 2.24) is 15.6 Å². The number of carbonyl (C=O) groups is 1. The maximum atomic E-state index is 11.4. The second-order valence-corrected chi connectivity index (χ2v) is 4.31. The Bertz CT molecular complexity index is 333. The first-order valence-electron chi connectivity index (χ1n) is 4.67. The first-order chi connectivity index (χ1) is 6.77. The smallest absolute Gasteiger partial charge is 0.237 e. The third-order valence-corrected chi connectivity index (χ3v) is 3.34. The van der Waals surface area contributed by atoms with Gasteiger partial charge in [0.25, 0.3) is 0 Å². The number of aryl methyl sites for hydroxylation is 1. The third kappa shape index (κ3) is 1.93. The van der Waals surface area contributed by atoms with E-state index in [4.69, 9.17) is 0 Å². The zero-order valence-corrected chi connectivity index (χ0v) is 8.86. The summed E-state index contributed by atoms with van der Waals surface area (Å²) in [5.41, 5.74) is 2.81. The molecule has 2 rings (SSSR count). The molecule has 5 heteroatoms. The molecule has 1 aromatic rings. The van der Waals surface area contributed by atoms with Gasteiger partial charge in [-0.1, -0.05) is 0 Å². The zero-order valence-electron chi connectivity index (χ0n) is 8.04. The van der Waals surface area contributed by atoms with Crippen molar-refractivity contribution in [2.75, 3.05) is 6.54 Å². The number of aromatic nitrogens is 1. The van der Waals surface area contributed by atoms with E-state index in [1.54, 1.807) is 16.8 Å². The highest BCUT2D eigenvalue weighted by atomic mass is 32.1. The van der Waals surface area contributed by atoms with Crippen LogP contribution < -0.4 is 10.6 Å². The minimum absolute atomic E-state index is 0.0308. The molecule has 1 fully saturated rings. The van der Waals surface area contributed by atoms with Crippen LogP contribution in [0.4, 0.5) is 0 Å². The zero-order chi connectivity index (χ0) is 9.97. The topological polar surface area (TPSA) is 54.0 Å². The second kappa shape index (κ2) is 4.06. The molecule has 0 saturated carbocycles.